The highest BCUT2D eigenvalue weighted by Crippen LogP contribution is 2.30. The Morgan fingerprint density at radius 3 is 2.25 bits per heavy atom. The van der Waals surface area contributed by atoms with Crippen LogP contribution in [0.2, 0.25) is 5.02 Å². The summed E-state index contributed by atoms with van der Waals surface area (Å²) in [4.78, 5) is 26.9. The number of carbonyl (C=O) groups excluding carboxylic acids is 2. The molecular formula is C26H32ClNO4. The van der Waals surface area contributed by atoms with E-state index in [1.54, 1.807) is 0 Å². The van der Waals surface area contributed by atoms with Gasteiger partial charge >= 0.3 is 5.97 Å². The first-order valence-corrected chi connectivity index (χ1v) is 11.7. The number of hydrogen-bond acceptors (Lipinski definition) is 4. The summed E-state index contributed by atoms with van der Waals surface area (Å²) in [6.45, 7) is 4.06. The first-order chi connectivity index (χ1) is 15.5. The van der Waals surface area contributed by atoms with Crippen LogP contribution in [0.3, 0.4) is 0 Å². The summed E-state index contributed by atoms with van der Waals surface area (Å²) in [5.41, 5.74) is 2.82. The number of likely N-dealkylation sites (tertiary alicyclic amines) is 1. The average molecular weight is 458 g/mol. The summed E-state index contributed by atoms with van der Waals surface area (Å²) < 4.78 is 10.9. The first-order valence-electron chi connectivity index (χ1n) is 11.3. The van der Waals surface area contributed by atoms with Crippen LogP contribution in [-0.2, 0) is 20.7 Å². The van der Waals surface area contributed by atoms with Crippen LogP contribution in [0, 0.1) is 0 Å². The van der Waals surface area contributed by atoms with Crippen molar-refractivity contribution in [2.75, 3.05) is 26.8 Å². The molecule has 0 N–H and O–H groups in total. The van der Waals surface area contributed by atoms with Crippen molar-refractivity contribution < 1.29 is 19.1 Å². The Kier molecular flexibility index (Phi) is 9.12. The number of carbonyl (C=O) groups is 2. The number of benzene rings is 2. The van der Waals surface area contributed by atoms with Gasteiger partial charge in [0.15, 0.2) is 0 Å². The monoisotopic (exact) mass is 457 g/mol. The quantitative estimate of drug-likeness (QED) is 0.482. The average Bonchev–Trinajstić information content (AvgIpc) is 2.83. The van der Waals surface area contributed by atoms with Crippen molar-refractivity contribution >= 4 is 23.5 Å². The molecule has 1 aliphatic rings. The van der Waals surface area contributed by atoms with Crippen LogP contribution in [0.5, 0.6) is 0 Å². The fourth-order valence-electron chi connectivity index (χ4n) is 4.27. The molecule has 1 saturated heterocycles. The highest BCUT2D eigenvalue weighted by Gasteiger charge is 2.28. The fraction of sp³-hybridized carbons (Fsp3) is 0.462. The third-order valence-corrected chi connectivity index (χ3v) is 6.27. The van der Waals surface area contributed by atoms with E-state index >= 15 is 0 Å². The summed E-state index contributed by atoms with van der Waals surface area (Å²) >= 11 is 6.05. The van der Waals surface area contributed by atoms with E-state index in [0.29, 0.717) is 23.6 Å². The number of hydrogen-bond donors (Lipinski definition) is 0. The maximum Gasteiger partial charge on any atom is 0.308 e. The number of nitrogens with zero attached hydrogens (tertiary/aromatic N) is 1. The van der Waals surface area contributed by atoms with Gasteiger partial charge in [-0.25, -0.2) is 0 Å². The zero-order valence-electron chi connectivity index (χ0n) is 18.9. The molecule has 3 rings (SSSR count). The molecule has 0 radical (unpaired) electrons. The van der Waals surface area contributed by atoms with E-state index in [0.717, 1.165) is 37.1 Å². The maximum absolute atomic E-state index is 12.9. The van der Waals surface area contributed by atoms with Crippen LogP contribution in [-0.4, -0.2) is 49.7 Å². The number of rotatable bonds is 9. The van der Waals surface area contributed by atoms with Gasteiger partial charge in [-0.1, -0.05) is 35.9 Å². The highest BCUT2D eigenvalue weighted by molar-refractivity contribution is 6.30. The highest BCUT2D eigenvalue weighted by atomic mass is 35.5. The minimum Gasteiger partial charge on any atom is -0.469 e. The van der Waals surface area contributed by atoms with Crippen molar-refractivity contribution in [2.24, 2.45) is 0 Å². The van der Waals surface area contributed by atoms with Crippen LogP contribution >= 0.6 is 11.6 Å². The fourth-order valence-corrected chi connectivity index (χ4v) is 4.40. The second-order valence-electron chi connectivity index (χ2n) is 8.19. The summed E-state index contributed by atoms with van der Waals surface area (Å²) in [5, 5.41) is 0.682. The van der Waals surface area contributed by atoms with Crippen LogP contribution in [0.1, 0.15) is 60.0 Å². The predicted octanol–water partition coefficient (Wildman–Crippen LogP) is 5.26. The number of halogens is 1. The van der Waals surface area contributed by atoms with Crippen LogP contribution in [0.15, 0.2) is 48.5 Å². The van der Waals surface area contributed by atoms with Crippen molar-refractivity contribution in [3.05, 3.63) is 70.2 Å². The van der Waals surface area contributed by atoms with Gasteiger partial charge in [0, 0.05) is 36.2 Å². The molecule has 2 atom stereocenters. The molecule has 0 aromatic heterocycles. The van der Waals surface area contributed by atoms with Crippen molar-refractivity contribution in [2.45, 2.75) is 51.0 Å². The molecular weight excluding hydrogens is 426 g/mol. The molecule has 1 heterocycles. The molecule has 0 spiro atoms. The molecule has 0 bridgehead atoms. The van der Waals surface area contributed by atoms with E-state index < -0.39 is 0 Å². The summed E-state index contributed by atoms with van der Waals surface area (Å²) in [5.74, 6) is -0.294. The van der Waals surface area contributed by atoms with Gasteiger partial charge in [-0.05, 0) is 68.0 Å². The van der Waals surface area contributed by atoms with Gasteiger partial charge in [0.2, 0.25) is 0 Å². The third kappa shape index (κ3) is 6.57. The molecule has 2 aromatic carbocycles. The first kappa shape index (κ1) is 24.3. The molecule has 1 fully saturated rings. The van der Waals surface area contributed by atoms with Gasteiger partial charge in [0.1, 0.15) is 0 Å². The van der Waals surface area contributed by atoms with Crippen LogP contribution < -0.4 is 0 Å². The van der Waals surface area contributed by atoms with E-state index in [4.69, 9.17) is 21.1 Å². The van der Waals surface area contributed by atoms with E-state index in [2.05, 4.69) is 0 Å². The normalized spacial score (nSPS) is 15.8. The Hall–Kier alpha value is -2.37. The second-order valence-corrected chi connectivity index (χ2v) is 8.62. The van der Waals surface area contributed by atoms with Gasteiger partial charge in [-0.3, -0.25) is 9.59 Å². The summed E-state index contributed by atoms with van der Waals surface area (Å²) in [7, 11) is 1.39. The largest absolute Gasteiger partial charge is 0.469 e. The van der Waals surface area contributed by atoms with Gasteiger partial charge < -0.3 is 14.4 Å². The van der Waals surface area contributed by atoms with E-state index in [1.807, 2.05) is 60.4 Å². The van der Waals surface area contributed by atoms with Crippen molar-refractivity contribution in [3.63, 3.8) is 0 Å². The molecule has 0 saturated carbocycles. The van der Waals surface area contributed by atoms with Gasteiger partial charge in [0.25, 0.3) is 5.91 Å². The number of amides is 1. The van der Waals surface area contributed by atoms with Gasteiger partial charge in [0.05, 0.1) is 19.6 Å². The minimum atomic E-state index is -0.341. The Morgan fingerprint density at radius 1 is 1.00 bits per heavy atom. The lowest BCUT2D eigenvalue weighted by atomic mass is 9.85. The Morgan fingerprint density at radius 2 is 1.66 bits per heavy atom. The number of piperidine rings is 1. The summed E-state index contributed by atoms with van der Waals surface area (Å²) in [6.07, 6.45) is 3.82. The summed E-state index contributed by atoms with van der Waals surface area (Å²) in [6, 6.07) is 15.5. The molecule has 0 unspecified atom stereocenters. The zero-order chi connectivity index (χ0) is 22.9. The van der Waals surface area contributed by atoms with Gasteiger partial charge in [-0.2, -0.15) is 0 Å². The van der Waals surface area contributed by atoms with Crippen molar-refractivity contribution in [1.29, 1.82) is 0 Å². The van der Waals surface area contributed by atoms with E-state index in [-0.39, 0.29) is 30.3 Å². The van der Waals surface area contributed by atoms with Crippen LogP contribution in [0.25, 0.3) is 0 Å². The topological polar surface area (TPSA) is 55.8 Å². The number of methoxy groups -OCH3 is 1. The molecule has 2 aromatic rings. The van der Waals surface area contributed by atoms with E-state index in [9.17, 15) is 9.59 Å². The third-order valence-electron chi connectivity index (χ3n) is 6.02. The molecule has 5 nitrogen and oxygen atoms in total. The Balaban J connectivity index is 1.85. The lowest BCUT2D eigenvalue weighted by Gasteiger charge is -2.28. The van der Waals surface area contributed by atoms with Crippen molar-refractivity contribution in [3.8, 4) is 0 Å². The van der Waals surface area contributed by atoms with Crippen molar-refractivity contribution in [1.82, 2.24) is 4.90 Å². The Labute approximate surface area is 195 Å². The Bertz CT molecular complexity index is 876. The maximum atomic E-state index is 12.9. The molecule has 6 heteroatoms. The molecule has 0 aliphatic carbocycles. The molecule has 172 valence electrons. The smallest absolute Gasteiger partial charge is 0.308 e. The SMILES string of the molecule is CCO[C@H](CC(=O)OC)[C@H](Cc1ccc(Cl)cc1)c1ccc(C(=O)N2CCCCC2)cc1. The number of ether oxygens (including phenoxy) is 2. The minimum absolute atomic E-state index is 0.0747. The van der Waals surface area contributed by atoms with Gasteiger partial charge in [-0.15, -0.1) is 0 Å². The standard InChI is InChI=1S/C26H32ClNO4/c1-3-32-24(18-25(29)31-2)23(17-19-7-13-22(27)14-8-19)20-9-11-21(12-10-20)26(30)28-15-5-4-6-16-28/h7-14,23-24H,3-6,15-18H2,1-2H3/t23-,24-/m1/s1. The molecule has 1 amide bonds. The molecule has 1 aliphatic heterocycles. The van der Waals surface area contributed by atoms with E-state index in [1.165, 1.54) is 13.5 Å². The lowest BCUT2D eigenvalue weighted by molar-refractivity contribution is -0.144. The van der Waals surface area contributed by atoms with Crippen LogP contribution in [0.4, 0.5) is 0 Å². The predicted molar refractivity (Wildman–Crippen MR) is 126 cm³/mol. The second kappa shape index (κ2) is 12.0. The number of esters is 1. The molecule has 32 heavy (non-hydrogen) atoms. The zero-order valence-corrected chi connectivity index (χ0v) is 19.6. The lowest BCUT2D eigenvalue weighted by Crippen LogP contribution is -2.35.